The van der Waals surface area contributed by atoms with Crippen LogP contribution in [0.1, 0.15) is 88.2 Å². The van der Waals surface area contributed by atoms with Crippen LogP contribution in [0.3, 0.4) is 0 Å². The Morgan fingerprint density at radius 3 is 1.66 bits per heavy atom. The molecule has 8 saturated carbocycles. The van der Waals surface area contributed by atoms with Gasteiger partial charge in [0.25, 0.3) is 0 Å². The average Bonchev–Trinajstić information content (AvgIpc) is 2.88. The van der Waals surface area contributed by atoms with Gasteiger partial charge in [-0.2, -0.15) is 0 Å². The number of hydrogen-bond donors (Lipinski definition) is 2. The van der Waals surface area contributed by atoms with Crippen LogP contribution in [0.15, 0.2) is 24.3 Å². The number of rotatable bonds is 8. The van der Waals surface area contributed by atoms with Crippen molar-refractivity contribution in [2.24, 2.45) is 35.5 Å². The molecule has 8 fully saturated rings. The molecular weight excluding hydrogens is 472 g/mol. The minimum Gasteiger partial charge on any atom is -0.487 e. The SMILES string of the molecule is OCCOc1ccc2cc(C34CC5CC(CC(C5)C3)C4)cc(C34CC5CC(CC(C5)C3)C4)c2c1OCCO. The molecule has 4 nitrogen and oxygen atoms in total. The zero-order chi connectivity index (χ0) is 25.5. The summed E-state index contributed by atoms with van der Waals surface area (Å²) in [5, 5.41) is 21.7. The van der Waals surface area contributed by atoms with Gasteiger partial charge < -0.3 is 19.7 Å². The Morgan fingerprint density at radius 1 is 0.632 bits per heavy atom. The summed E-state index contributed by atoms with van der Waals surface area (Å²) in [7, 11) is 0. The first-order chi connectivity index (χ1) is 18.6. The summed E-state index contributed by atoms with van der Waals surface area (Å²) in [6, 6.07) is 9.50. The van der Waals surface area contributed by atoms with Gasteiger partial charge in [-0.15, -0.1) is 0 Å². The maximum atomic E-state index is 9.70. The predicted molar refractivity (Wildman–Crippen MR) is 149 cm³/mol. The molecule has 0 amide bonds. The summed E-state index contributed by atoms with van der Waals surface area (Å²) in [5.74, 6) is 6.88. The van der Waals surface area contributed by atoms with Crippen molar-refractivity contribution in [2.75, 3.05) is 26.4 Å². The fourth-order valence-electron chi connectivity index (χ4n) is 11.6. The van der Waals surface area contributed by atoms with Gasteiger partial charge in [-0.1, -0.05) is 18.2 Å². The van der Waals surface area contributed by atoms with E-state index in [1.165, 1.54) is 93.4 Å². The zero-order valence-electron chi connectivity index (χ0n) is 22.8. The third kappa shape index (κ3) is 3.69. The summed E-state index contributed by atoms with van der Waals surface area (Å²) >= 11 is 0. The molecule has 8 aliphatic carbocycles. The minimum atomic E-state index is -0.0235. The molecule has 8 bridgehead atoms. The van der Waals surface area contributed by atoms with E-state index in [0.29, 0.717) is 11.2 Å². The van der Waals surface area contributed by atoms with Crippen molar-refractivity contribution in [2.45, 2.75) is 87.9 Å². The summed E-state index contributed by atoms with van der Waals surface area (Å²) in [5.41, 5.74) is 3.74. The molecule has 0 aromatic heterocycles. The molecule has 0 aliphatic heterocycles. The van der Waals surface area contributed by atoms with Crippen LogP contribution in [-0.4, -0.2) is 36.6 Å². The maximum absolute atomic E-state index is 9.70. The molecule has 8 aliphatic rings. The molecule has 10 rings (SSSR count). The zero-order valence-corrected chi connectivity index (χ0v) is 22.8. The van der Waals surface area contributed by atoms with Crippen LogP contribution >= 0.6 is 0 Å². The number of fused-ring (bicyclic) bond motifs is 1. The molecule has 0 heterocycles. The van der Waals surface area contributed by atoms with Crippen LogP contribution in [0, 0.1) is 35.5 Å². The van der Waals surface area contributed by atoms with Crippen molar-refractivity contribution in [1.29, 1.82) is 0 Å². The van der Waals surface area contributed by atoms with Crippen LogP contribution < -0.4 is 9.47 Å². The number of hydrogen-bond acceptors (Lipinski definition) is 4. The molecule has 0 atom stereocenters. The van der Waals surface area contributed by atoms with E-state index in [-0.39, 0.29) is 31.8 Å². The van der Waals surface area contributed by atoms with Crippen LogP contribution in [0.25, 0.3) is 10.8 Å². The standard InChI is InChI=1S/C34H44O4/c35-3-5-37-30-2-1-27-13-28(33-15-21-7-22(16-33)9-23(8-21)17-33)14-29(31(27)32(30)38-6-4-36)34-18-24-10-25(19-34)12-26(11-24)20-34/h1-2,13-14,21-26,35-36H,3-12,15-20H2. The molecular formula is C34H44O4. The van der Waals surface area contributed by atoms with Crippen molar-refractivity contribution in [3.63, 3.8) is 0 Å². The van der Waals surface area contributed by atoms with Crippen LogP contribution in [-0.2, 0) is 10.8 Å². The summed E-state index contributed by atoms with van der Waals surface area (Å²) in [6.07, 6.45) is 16.8. The van der Waals surface area contributed by atoms with Crippen LogP contribution in [0.5, 0.6) is 11.5 Å². The van der Waals surface area contributed by atoms with Gasteiger partial charge in [0.15, 0.2) is 11.5 Å². The fourth-order valence-corrected chi connectivity index (χ4v) is 11.6. The second-order valence-corrected chi connectivity index (χ2v) is 14.6. The van der Waals surface area contributed by atoms with Gasteiger partial charge in [0, 0.05) is 5.39 Å². The molecule has 2 N–H and O–H groups in total. The molecule has 0 saturated heterocycles. The Hall–Kier alpha value is -1.78. The number of aliphatic hydroxyl groups is 2. The fraction of sp³-hybridized carbons (Fsp3) is 0.706. The van der Waals surface area contributed by atoms with E-state index in [9.17, 15) is 10.2 Å². The Kier molecular flexibility index (Phi) is 5.61. The van der Waals surface area contributed by atoms with E-state index in [4.69, 9.17) is 9.47 Å². The Labute approximate surface area is 227 Å². The Balaban J connectivity index is 1.34. The molecule has 2 aromatic carbocycles. The highest BCUT2D eigenvalue weighted by Gasteiger charge is 2.54. The maximum Gasteiger partial charge on any atom is 0.169 e. The van der Waals surface area contributed by atoms with E-state index < -0.39 is 0 Å². The van der Waals surface area contributed by atoms with Gasteiger partial charge in [-0.05, 0) is 146 Å². The van der Waals surface area contributed by atoms with Crippen LogP contribution in [0.4, 0.5) is 0 Å². The van der Waals surface area contributed by atoms with Crippen LogP contribution in [0.2, 0.25) is 0 Å². The lowest BCUT2D eigenvalue weighted by Gasteiger charge is -2.59. The first-order valence-electron chi connectivity index (χ1n) is 15.7. The second kappa shape index (κ2) is 8.86. The second-order valence-electron chi connectivity index (χ2n) is 14.6. The smallest absolute Gasteiger partial charge is 0.169 e. The summed E-state index contributed by atoms with van der Waals surface area (Å²) < 4.78 is 12.4. The van der Waals surface area contributed by atoms with Gasteiger partial charge in [0.2, 0.25) is 0 Å². The molecule has 204 valence electrons. The van der Waals surface area contributed by atoms with Gasteiger partial charge in [0.05, 0.1) is 13.2 Å². The largest absolute Gasteiger partial charge is 0.487 e. The molecule has 0 spiro atoms. The summed E-state index contributed by atoms with van der Waals surface area (Å²) in [4.78, 5) is 0. The van der Waals surface area contributed by atoms with Crippen molar-refractivity contribution in [3.05, 3.63) is 35.4 Å². The summed E-state index contributed by atoms with van der Waals surface area (Å²) in [6.45, 7) is 0.461. The normalized spacial score (nSPS) is 40.3. The highest BCUT2D eigenvalue weighted by molar-refractivity contribution is 5.95. The molecule has 0 unspecified atom stereocenters. The van der Waals surface area contributed by atoms with Gasteiger partial charge in [-0.3, -0.25) is 0 Å². The highest BCUT2D eigenvalue weighted by atomic mass is 16.5. The number of benzene rings is 2. The monoisotopic (exact) mass is 516 g/mol. The quantitative estimate of drug-likeness (QED) is 0.420. The van der Waals surface area contributed by atoms with Gasteiger partial charge >= 0.3 is 0 Å². The van der Waals surface area contributed by atoms with Crippen molar-refractivity contribution in [3.8, 4) is 11.5 Å². The third-order valence-electron chi connectivity index (χ3n) is 12.0. The van der Waals surface area contributed by atoms with E-state index in [1.54, 1.807) is 5.56 Å². The van der Waals surface area contributed by atoms with E-state index in [1.807, 2.05) is 6.07 Å². The lowest BCUT2D eigenvalue weighted by Crippen LogP contribution is -2.50. The van der Waals surface area contributed by atoms with Crippen molar-refractivity contribution in [1.82, 2.24) is 0 Å². The lowest BCUT2D eigenvalue weighted by molar-refractivity contribution is -0.00791. The van der Waals surface area contributed by atoms with Crippen molar-refractivity contribution >= 4 is 10.8 Å². The van der Waals surface area contributed by atoms with Gasteiger partial charge in [-0.25, -0.2) is 0 Å². The van der Waals surface area contributed by atoms with E-state index in [0.717, 1.165) is 41.3 Å². The first kappa shape index (κ1) is 24.1. The minimum absolute atomic E-state index is 0.0200. The first-order valence-corrected chi connectivity index (χ1v) is 15.7. The van der Waals surface area contributed by atoms with Crippen molar-refractivity contribution < 1.29 is 19.7 Å². The molecule has 4 heteroatoms. The average molecular weight is 517 g/mol. The van der Waals surface area contributed by atoms with E-state index in [2.05, 4.69) is 18.2 Å². The topological polar surface area (TPSA) is 58.9 Å². The number of aliphatic hydroxyl groups excluding tert-OH is 2. The Morgan fingerprint density at radius 2 is 1.13 bits per heavy atom. The third-order valence-corrected chi connectivity index (χ3v) is 12.0. The Bertz CT molecular complexity index is 1160. The van der Waals surface area contributed by atoms with E-state index >= 15 is 0 Å². The molecule has 0 radical (unpaired) electrons. The highest BCUT2D eigenvalue weighted by Crippen LogP contribution is 2.65. The van der Waals surface area contributed by atoms with Gasteiger partial charge in [0.1, 0.15) is 13.2 Å². The molecule has 2 aromatic rings. The number of ether oxygens (including phenoxy) is 2. The lowest BCUT2D eigenvalue weighted by atomic mass is 9.46. The molecule has 38 heavy (non-hydrogen) atoms. The predicted octanol–water partition coefficient (Wildman–Crippen LogP) is 6.52.